The van der Waals surface area contributed by atoms with Crippen LogP contribution in [0.25, 0.3) is 0 Å². The Labute approximate surface area is 106 Å². The highest BCUT2D eigenvalue weighted by molar-refractivity contribution is 5.33. The van der Waals surface area contributed by atoms with Crippen molar-refractivity contribution in [3.05, 3.63) is 29.6 Å². The van der Waals surface area contributed by atoms with Crippen molar-refractivity contribution < 1.29 is 9.50 Å². The molecule has 1 fully saturated rings. The predicted molar refractivity (Wildman–Crippen MR) is 66.4 cm³/mol. The SMILES string of the molecule is N#CC(NC1CCCCC1)c1cc(O)cc(F)c1. The van der Waals surface area contributed by atoms with Gasteiger partial charge in [0.25, 0.3) is 0 Å². The summed E-state index contributed by atoms with van der Waals surface area (Å²) >= 11 is 0. The van der Waals surface area contributed by atoms with Crippen LogP contribution in [0.2, 0.25) is 0 Å². The third-order valence-corrected chi connectivity index (χ3v) is 3.37. The van der Waals surface area contributed by atoms with Crippen molar-refractivity contribution in [2.75, 3.05) is 0 Å². The smallest absolute Gasteiger partial charge is 0.127 e. The number of nitrogens with one attached hydrogen (secondary N) is 1. The van der Waals surface area contributed by atoms with Crippen LogP contribution in [-0.2, 0) is 0 Å². The molecule has 0 saturated heterocycles. The number of rotatable bonds is 3. The third kappa shape index (κ3) is 3.21. The highest BCUT2D eigenvalue weighted by Crippen LogP contribution is 2.24. The summed E-state index contributed by atoms with van der Waals surface area (Å²) in [7, 11) is 0. The molecule has 2 N–H and O–H groups in total. The summed E-state index contributed by atoms with van der Waals surface area (Å²) in [4.78, 5) is 0. The second-order valence-corrected chi connectivity index (χ2v) is 4.81. The number of phenols is 1. The first kappa shape index (κ1) is 12.8. The molecule has 0 heterocycles. The Bertz CT molecular complexity index is 429. The Morgan fingerprint density at radius 2 is 2.00 bits per heavy atom. The van der Waals surface area contributed by atoms with Crippen molar-refractivity contribution in [3.63, 3.8) is 0 Å². The van der Waals surface area contributed by atoms with Gasteiger partial charge in [-0.3, -0.25) is 5.32 Å². The molecule has 0 aromatic heterocycles. The van der Waals surface area contributed by atoms with E-state index >= 15 is 0 Å². The van der Waals surface area contributed by atoms with Crippen molar-refractivity contribution in [2.24, 2.45) is 0 Å². The van der Waals surface area contributed by atoms with E-state index in [-0.39, 0.29) is 5.75 Å². The zero-order chi connectivity index (χ0) is 13.0. The number of benzene rings is 1. The highest BCUT2D eigenvalue weighted by atomic mass is 19.1. The molecular weight excluding hydrogens is 231 g/mol. The minimum Gasteiger partial charge on any atom is -0.508 e. The van der Waals surface area contributed by atoms with Crippen LogP contribution in [-0.4, -0.2) is 11.1 Å². The first-order chi connectivity index (χ1) is 8.69. The molecule has 0 amide bonds. The molecule has 4 heteroatoms. The highest BCUT2D eigenvalue weighted by Gasteiger charge is 2.19. The lowest BCUT2D eigenvalue weighted by Gasteiger charge is -2.25. The molecule has 1 aliphatic rings. The molecule has 1 aromatic rings. The van der Waals surface area contributed by atoms with Gasteiger partial charge in [-0.2, -0.15) is 5.26 Å². The van der Waals surface area contributed by atoms with E-state index in [1.165, 1.54) is 31.4 Å². The molecule has 1 atom stereocenters. The van der Waals surface area contributed by atoms with Crippen molar-refractivity contribution in [2.45, 2.75) is 44.2 Å². The number of hydrogen-bond acceptors (Lipinski definition) is 3. The summed E-state index contributed by atoms with van der Waals surface area (Å²) in [6, 6.07) is 5.66. The average molecular weight is 248 g/mol. The van der Waals surface area contributed by atoms with Crippen LogP contribution in [0.3, 0.4) is 0 Å². The topological polar surface area (TPSA) is 56.0 Å². The summed E-state index contributed by atoms with van der Waals surface area (Å²) < 4.78 is 13.2. The monoisotopic (exact) mass is 248 g/mol. The van der Waals surface area contributed by atoms with Crippen molar-refractivity contribution >= 4 is 0 Å². The lowest BCUT2D eigenvalue weighted by atomic mass is 9.94. The molecule has 1 aliphatic carbocycles. The maximum absolute atomic E-state index is 13.2. The van der Waals surface area contributed by atoms with Crippen LogP contribution in [0.15, 0.2) is 18.2 Å². The molecular formula is C14H17FN2O. The van der Waals surface area contributed by atoms with Crippen LogP contribution >= 0.6 is 0 Å². The quantitative estimate of drug-likeness (QED) is 0.864. The fraction of sp³-hybridized carbons (Fsp3) is 0.500. The second kappa shape index (κ2) is 5.83. The zero-order valence-electron chi connectivity index (χ0n) is 10.2. The maximum Gasteiger partial charge on any atom is 0.127 e. The first-order valence-corrected chi connectivity index (χ1v) is 6.34. The molecule has 0 radical (unpaired) electrons. The van der Waals surface area contributed by atoms with Crippen molar-refractivity contribution in [3.8, 4) is 11.8 Å². The van der Waals surface area contributed by atoms with Crippen LogP contribution in [0.5, 0.6) is 5.75 Å². The van der Waals surface area contributed by atoms with Gasteiger partial charge in [0.2, 0.25) is 0 Å². The Morgan fingerprint density at radius 3 is 2.61 bits per heavy atom. The Morgan fingerprint density at radius 1 is 1.28 bits per heavy atom. The van der Waals surface area contributed by atoms with Crippen LogP contribution in [0.1, 0.15) is 43.7 Å². The van der Waals surface area contributed by atoms with E-state index in [4.69, 9.17) is 0 Å². The van der Waals surface area contributed by atoms with Crippen LogP contribution in [0, 0.1) is 17.1 Å². The van der Waals surface area contributed by atoms with Gasteiger partial charge in [0, 0.05) is 12.1 Å². The lowest BCUT2D eigenvalue weighted by molar-refractivity contribution is 0.359. The Hall–Kier alpha value is -1.60. The van der Waals surface area contributed by atoms with Crippen LogP contribution < -0.4 is 5.32 Å². The van der Waals surface area contributed by atoms with Crippen molar-refractivity contribution in [1.82, 2.24) is 5.32 Å². The van der Waals surface area contributed by atoms with Gasteiger partial charge in [0.1, 0.15) is 17.6 Å². The van der Waals surface area contributed by atoms with Gasteiger partial charge in [0.15, 0.2) is 0 Å². The van der Waals surface area contributed by atoms with Gasteiger partial charge in [-0.15, -0.1) is 0 Å². The van der Waals surface area contributed by atoms with E-state index in [1.807, 2.05) is 0 Å². The van der Waals surface area contributed by atoms with E-state index in [9.17, 15) is 14.8 Å². The van der Waals surface area contributed by atoms with E-state index in [2.05, 4.69) is 11.4 Å². The predicted octanol–water partition coefficient (Wildman–Crippen LogP) is 3.02. The number of halogens is 1. The van der Waals surface area contributed by atoms with E-state index < -0.39 is 11.9 Å². The normalized spacial score (nSPS) is 18.2. The van der Waals surface area contributed by atoms with Gasteiger partial charge in [-0.25, -0.2) is 4.39 Å². The molecule has 96 valence electrons. The van der Waals surface area contributed by atoms with Gasteiger partial charge >= 0.3 is 0 Å². The van der Waals surface area contributed by atoms with Crippen LogP contribution in [0.4, 0.5) is 4.39 Å². The Balaban J connectivity index is 2.10. The molecule has 0 aliphatic heterocycles. The fourth-order valence-electron chi connectivity index (χ4n) is 2.48. The molecule has 0 spiro atoms. The summed E-state index contributed by atoms with van der Waals surface area (Å²) in [5, 5.41) is 21.8. The number of hydrogen-bond donors (Lipinski definition) is 2. The second-order valence-electron chi connectivity index (χ2n) is 4.81. The molecule has 3 nitrogen and oxygen atoms in total. The summed E-state index contributed by atoms with van der Waals surface area (Å²) in [5.41, 5.74) is 0.487. The molecule has 1 unspecified atom stereocenters. The number of nitriles is 1. The summed E-state index contributed by atoms with van der Waals surface area (Å²) in [5.74, 6) is -0.661. The minimum atomic E-state index is -0.560. The van der Waals surface area contributed by atoms with E-state index in [0.29, 0.717) is 11.6 Å². The van der Waals surface area contributed by atoms with Gasteiger partial charge in [0.05, 0.1) is 6.07 Å². The molecule has 0 bridgehead atoms. The maximum atomic E-state index is 13.2. The van der Waals surface area contributed by atoms with E-state index in [0.717, 1.165) is 18.9 Å². The fourth-order valence-corrected chi connectivity index (χ4v) is 2.48. The largest absolute Gasteiger partial charge is 0.508 e. The molecule has 2 rings (SSSR count). The molecule has 1 saturated carbocycles. The Kier molecular flexibility index (Phi) is 4.16. The van der Waals surface area contributed by atoms with Gasteiger partial charge < -0.3 is 5.11 Å². The van der Waals surface area contributed by atoms with E-state index in [1.54, 1.807) is 0 Å². The van der Waals surface area contributed by atoms with Gasteiger partial charge in [-0.05, 0) is 30.5 Å². The number of phenolic OH excluding ortho intramolecular Hbond substituents is 1. The third-order valence-electron chi connectivity index (χ3n) is 3.37. The minimum absolute atomic E-state index is 0.143. The van der Waals surface area contributed by atoms with Gasteiger partial charge in [-0.1, -0.05) is 19.3 Å². The lowest BCUT2D eigenvalue weighted by Crippen LogP contribution is -2.33. The number of nitrogens with zero attached hydrogens (tertiary/aromatic N) is 1. The zero-order valence-corrected chi connectivity index (χ0v) is 10.2. The molecule has 1 aromatic carbocycles. The summed E-state index contributed by atoms with van der Waals surface area (Å²) in [6.07, 6.45) is 5.70. The summed E-state index contributed by atoms with van der Waals surface area (Å²) in [6.45, 7) is 0. The standard InChI is InChI=1S/C14H17FN2O/c15-11-6-10(7-13(18)8-11)14(9-16)17-12-4-2-1-3-5-12/h6-8,12,14,17-18H,1-5H2. The van der Waals surface area contributed by atoms with Crippen molar-refractivity contribution in [1.29, 1.82) is 5.26 Å². The molecule has 18 heavy (non-hydrogen) atoms. The first-order valence-electron chi connectivity index (χ1n) is 6.34. The number of aromatic hydroxyl groups is 1. The average Bonchev–Trinajstić information content (AvgIpc) is 2.36.